The number of rotatable bonds is 7. The number of pyridine rings is 1. The fourth-order valence-corrected chi connectivity index (χ4v) is 4.80. The minimum absolute atomic E-state index is 0.0281. The second-order valence-corrected chi connectivity index (χ2v) is 8.72. The Bertz CT molecular complexity index is 900. The van der Waals surface area contributed by atoms with Gasteiger partial charge in [-0.05, 0) is 48.2 Å². The number of nitrogens with zero attached hydrogens (tertiary/aromatic N) is 1. The summed E-state index contributed by atoms with van der Waals surface area (Å²) in [5.41, 5.74) is 1.38. The number of ether oxygens (including phenoxy) is 2. The number of amides is 1. The highest BCUT2D eigenvalue weighted by atomic mass is 32.2. The summed E-state index contributed by atoms with van der Waals surface area (Å²) < 4.78 is 34.1. The highest BCUT2D eigenvalue weighted by Crippen LogP contribution is 2.29. The fraction of sp³-hybridized carbons (Fsp3) is 0.368. The highest BCUT2D eigenvalue weighted by Gasteiger charge is 2.28. The molecule has 3 rings (SSSR count). The van der Waals surface area contributed by atoms with E-state index in [0.29, 0.717) is 36.6 Å². The lowest BCUT2D eigenvalue weighted by Crippen LogP contribution is -2.29. The first-order valence-corrected chi connectivity index (χ1v) is 10.5. The molecule has 0 saturated carbocycles. The molecule has 1 atom stereocenters. The zero-order valence-electron chi connectivity index (χ0n) is 15.1. The van der Waals surface area contributed by atoms with Gasteiger partial charge >= 0.3 is 0 Å². The van der Waals surface area contributed by atoms with Gasteiger partial charge in [-0.2, -0.15) is 0 Å². The number of benzene rings is 1. The van der Waals surface area contributed by atoms with Gasteiger partial charge in [0.2, 0.25) is 0 Å². The van der Waals surface area contributed by atoms with Crippen molar-refractivity contribution in [3.8, 4) is 11.5 Å². The van der Waals surface area contributed by atoms with Crippen molar-refractivity contribution in [3.63, 3.8) is 0 Å². The van der Waals surface area contributed by atoms with E-state index in [1.807, 2.05) is 12.1 Å². The summed E-state index contributed by atoms with van der Waals surface area (Å²) >= 11 is 0. The lowest BCUT2D eigenvalue weighted by molar-refractivity contribution is 0.0948. The van der Waals surface area contributed by atoms with E-state index < -0.39 is 9.84 Å². The highest BCUT2D eigenvalue weighted by molar-refractivity contribution is 7.91. The van der Waals surface area contributed by atoms with Gasteiger partial charge in [0.25, 0.3) is 5.91 Å². The van der Waals surface area contributed by atoms with Gasteiger partial charge in [0.1, 0.15) is 6.61 Å². The van der Waals surface area contributed by atoms with Crippen LogP contribution in [-0.4, -0.2) is 44.5 Å². The molecule has 0 aliphatic carbocycles. The predicted molar refractivity (Wildman–Crippen MR) is 101 cm³/mol. The predicted octanol–water partition coefficient (Wildman–Crippen LogP) is 1.83. The molecular formula is C19H22N2O5S. The van der Waals surface area contributed by atoms with Crippen LogP contribution in [0.4, 0.5) is 0 Å². The molecule has 1 aromatic carbocycles. The molecule has 0 unspecified atom stereocenters. The van der Waals surface area contributed by atoms with Crippen LogP contribution in [0.25, 0.3) is 0 Å². The maximum Gasteiger partial charge on any atom is 0.251 e. The van der Waals surface area contributed by atoms with Crippen LogP contribution >= 0.6 is 0 Å². The summed E-state index contributed by atoms with van der Waals surface area (Å²) in [5, 5.41) is 2.81. The van der Waals surface area contributed by atoms with E-state index in [2.05, 4.69) is 10.3 Å². The van der Waals surface area contributed by atoms with Gasteiger partial charge in [0.15, 0.2) is 21.3 Å². The monoisotopic (exact) mass is 390 g/mol. The quantitative estimate of drug-likeness (QED) is 0.775. The summed E-state index contributed by atoms with van der Waals surface area (Å²) in [6, 6.07) is 8.65. The number of nitrogens with one attached hydrogen (secondary N) is 1. The van der Waals surface area contributed by atoms with E-state index in [1.165, 1.54) is 7.11 Å². The Balaban J connectivity index is 1.64. The second kappa shape index (κ2) is 8.39. The smallest absolute Gasteiger partial charge is 0.251 e. The number of methoxy groups -OCH3 is 1. The summed E-state index contributed by atoms with van der Waals surface area (Å²) in [7, 11) is -1.41. The Labute approximate surface area is 158 Å². The molecule has 1 fully saturated rings. The van der Waals surface area contributed by atoms with Crippen LogP contribution in [0.2, 0.25) is 0 Å². The lowest BCUT2D eigenvalue weighted by Gasteiger charge is -2.13. The van der Waals surface area contributed by atoms with Crippen LogP contribution < -0.4 is 14.8 Å². The standard InChI is InChI=1S/C19H22N2O5S/c1-25-17-3-2-16(10-18(17)26-12-14-4-7-20-8-5-14)19(22)21-11-15-6-9-27(23,24)13-15/h2-5,7-8,10,15H,6,9,11-13H2,1H3,(H,21,22)/t15-/m1/s1. The van der Waals surface area contributed by atoms with Crippen molar-refractivity contribution in [1.82, 2.24) is 10.3 Å². The number of aromatic nitrogens is 1. The van der Waals surface area contributed by atoms with E-state index in [1.54, 1.807) is 30.6 Å². The van der Waals surface area contributed by atoms with Crippen molar-refractivity contribution in [3.05, 3.63) is 53.9 Å². The maximum atomic E-state index is 12.4. The molecule has 0 spiro atoms. The SMILES string of the molecule is COc1ccc(C(=O)NC[C@H]2CCS(=O)(=O)C2)cc1OCc1ccncc1. The van der Waals surface area contributed by atoms with Crippen molar-refractivity contribution < 1.29 is 22.7 Å². The number of hydrogen-bond acceptors (Lipinski definition) is 6. The van der Waals surface area contributed by atoms with Crippen molar-refractivity contribution >= 4 is 15.7 Å². The van der Waals surface area contributed by atoms with Gasteiger partial charge in [-0.15, -0.1) is 0 Å². The molecule has 1 amide bonds. The Kier molecular flexibility index (Phi) is 5.95. The first-order valence-electron chi connectivity index (χ1n) is 8.65. The van der Waals surface area contributed by atoms with Gasteiger partial charge in [0.05, 0.1) is 18.6 Å². The van der Waals surface area contributed by atoms with Gasteiger partial charge in [-0.25, -0.2) is 8.42 Å². The number of sulfone groups is 1. The second-order valence-electron chi connectivity index (χ2n) is 6.49. The molecule has 8 heteroatoms. The third-order valence-electron chi connectivity index (χ3n) is 4.45. The van der Waals surface area contributed by atoms with E-state index in [9.17, 15) is 13.2 Å². The molecule has 27 heavy (non-hydrogen) atoms. The van der Waals surface area contributed by atoms with Crippen LogP contribution in [-0.2, 0) is 16.4 Å². The van der Waals surface area contributed by atoms with Crippen molar-refractivity contribution in [2.75, 3.05) is 25.2 Å². The van der Waals surface area contributed by atoms with Crippen molar-refractivity contribution in [2.45, 2.75) is 13.0 Å². The lowest BCUT2D eigenvalue weighted by atomic mass is 10.1. The Hall–Kier alpha value is -2.61. The van der Waals surface area contributed by atoms with Gasteiger partial charge < -0.3 is 14.8 Å². The Morgan fingerprint density at radius 2 is 2.00 bits per heavy atom. The molecule has 1 aliphatic rings. The normalized spacial score (nSPS) is 18.0. The molecule has 2 heterocycles. The first kappa shape index (κ1) is 19.2. The number of hydrogen-bond donors (Lipinski definition) is 1. The minimum Gasteiger partial charge on any atom is -0.493 e. The largest absolute Gasteiger partial charge is 0.493 e. The van der Waals surface area contributed by atoms with E-state index in [-0.39, 0.29) is 23.3 Å². The Morgan fingerprint density at radius 3 is 2.67 bits per heavy atom. The maximum absolute atomic E-state index is 12.4. The average Bonchev–Trinajstić information content (AvgIpc) is 3.03. The molecule has 1 aliphatic heterocycles. The Morgan fingerprint density at radius 1 is 1.22 bits per heavy atom. The molecule has 0 radical (unpaired) electrons. The van der Waals surface area contributed by atoms with Crippen LogP contribution in [0.1, 0.15) is 22.3 Å². The van der Waals surface area contributed by atoms with E-state index >= 15 is 0 Å². The van der Waals surface area contributed by atoms with Crippen LogP contribution in [0.15, 0.2) is 42.7 Å². The molecular weight excluding hydrogens is 368 g/mol. The third-order valence-corrected chi connectivity index (χ3v) is 6.28. The summed E-state index contributed by atoms with van der Waals surface area (Å²) in [5.74, 6) is 1.03. The topological polar surface area (TPSA) is 94.6 Å². The zero-order valence-corrected chi connectivity index (χ0v) is 15.9. The van der Waals surface area contributed by atoms with Gasteiger partial charge in [0, 0.05) is 24.5 Å². The first-order chi connectivity index (χ1) is 13.0. The summed E-state index contributed by atoms with van der Waals surface area (Å²) in [6.45, 7) is 0.668. The number of carbonyl (C=O) groups excluding carboxylic acids is 1. The number of carbonyl (C=O) groups is 1. The molecule has 1 N–H and O–H groups in total. The molecule has 1 saturated heterocycles. The van der Waals surface area contributed by atoms with Crippen molar-refractivity contribution in [1.29, 1.82) is 0 Å². The molecule has 1 aromatic heterocycles. The molecule has 144 valence electrons. The van der Waals surface area contributed by atoms with Crippen LogP contribution in [0, 0.1) is 5.92 Å². The fourth-order valence-electron chi connectivity index (χ4n) is 2.94. The zero-order chi connectivity index (χ0) is 19.3. The minimum atomic E-state index is -2.95. The van der Waals surface area contributed by atoms with Gasteiger partial charge in [-0.3, -0.25) is 9.78 Å². The molecule has 0 bridgehead atoms. The van der Waals surface area contributed by atoms with Crippen molar-refractivity contribution in [2.24, 2.45) is 5.92 Å². The van der Waals surface area contributed by atoms with Crippen LogP contribution in [0.5, 0.6) is 11.5 Å². The van der Waals surface area contributed by atoms with E-state index in [4.69, 9.17) is 9.47 Å². The molecule has 2 aromatic rings. The van der Waals surface area contributed by atoms with Gasteiger partial charge in [-0.1, -0.05) is 0 Å². The third kappa shape index (κ3) is 5.19. The summed E-state index contributed by atoms with van der Waals surface area (Å²) in [4.78, 5) is 16.4. The average molecular weight is 390 g/mol. The van der Waals surface area contributed by atoms with E-state index in [0.717, 1.165) is 5.56 Å². The molecule has 7 nitrogen and oxygen atoms in total. The summed E-state index contributed by atoms with van der Waals surface area (Å²) in [6.07, 6.45) is 3.96. The van der Waals surface area contributed by atoms with Crippen LogP contribution in [0.3, 0.4) is 0 Å².